The molecule has 1 atom stereocenters. The number of hydrogen-bond acceptors (Lipinski definition) is 4. The average molecular weight is 191 g/mol. The molecule has 3 N–H and O–H groups in total. The average Bonchev–Trinajstić information content (AvgIpc) is 2.11. The molecule has 0 heterocycles. The molecular weight excluding hydrogens is 170 g/mol. The third-order valence-electron chi connectivity index (χ3n) is 1.73. The first-order valence-corrected chi connectivity index (χ1v) is 4.63. The van der Waals surface area contributed by atoms with Gasteiger partial charge in [-0.15, -0.1) is 0 Å². The van der Waals surface area contributed by atoms with Crippen molar-refractivity contribution in [2.24, 2.45) is 0 Å². The molecule has 4 nitrogen and oxygen atoms in total. The standard InChI is InChI=1S/C9H21NO3/c1-4-13-6-8(12)5-10-9(2,3)7-11/h8,10-12H,4-7H2,1-3H3. The highest BCUT2D eigenvalue weighted by Crippen LogP contribution is 1.99. The van der Waals surface area contributed by atoms with Crippen molar-refractivity contribution < 1.29 is 14.9 Å². The fourth-order valence-electron chi connectivity index (χ4n) is 0.763. The van der Waals surface area contributed by atoms with Gasteiger partial charge >= 0.3 is 0 Å². The van der Waals surface area contributed by atoms with E-state index in [9.17, 15) is 5.11 Å². The largest absolute Gasteiger partial charge is 0.394 e. The Morgan fingerprint density at radius 2 is 2.08 bits per heavy atom. The minimum atomic E-state index is -0.509. The van der Waals surface area contributed by atoms with Crippen LogP contribution in [0.5, 0.6) is 0 Å². The van der Waals surface area contributed by atoms with E-state index in [-0.39, 0.29) is 12.1 Å². The van der Waals surface area contributed by atoms with Gasteiger partial charge in [0.2, 0.25) is 0 Å². The monoisotopic (exact) mass is 191 g/mol. The van der Waals surface area contributed by atoms with Crippen LogP contribution in [0.4, 0.5) is 0 Å². The van der Waals surface area contributed by atoms with E-state index >= 15 is 0 Å². The second-order valence-corrected chi connectivity index (χ2v) is 3.74. The zero-order valence-electron chi connectivity index (χ0n) is 8.71. The van der Waals surface area contributed by atoms with Crippen LogP contribution in [0.3, 0.4) is 0 Å². The number of nitrogens with one attached hydrogen (secondary N) is 1. The molecule has 0 spiro atoms. The topological polar surface area (TPSA) is 61.7 Å². The molecule has 0 radical (unpaired) electrons. The maximum Gasteiger partial charge on any atom is 0.0897 e. The second-order valence-electron chi connectivity index (χ2n) is 3.74. The minimum absolute atomic E-state index is 0.0500. The fraction of sp³-hybridized carbons (Fsp3) is 1.00. The van der Waals surface area contributed by atoms with Gasteiger partial charge in [0, 0.05) is 18.7 Å². The smallest absolute Gasteiger partial charge is 0.0897 e. The summed E-state index contributed by atoms with van der Waals surface area (Å²) in [5.74, 6) is 0. The van der Waals surface area contributed by atoms with E-state index in [1.165, 1.54) is 0 Å². The van der Waals surface area contributed by atoms with Crippen LogP contribution in [0.25, 0.3) is 0 Å². The summed E-state index contributed by atoms with van der Waals surface area (Å²) in [5, 5.41) is 21.3. The van der Waals surface area contributed by atoms with E-state index in [4.69, 9.17) is 9.84 Å². The van der Waals surface area contributed by atoms with Crippen LogP contribution in [0.2, 0.25) is 0 Å². The maximum atomic E-state index is 9.37. The van der Waals surface area contributed by atoms with Crippen LogP contribution >= 0.6 is 0 Å². The van der Waals surface area contributed by atoms with Crippen LogP contribution in [0.1, 0.15) is 20.8 Å². The van der Waals surface area contributed by atoms with Crippen molar-refractivity contribution in [2.75, 3.05) is 26.4 Å². The summed E-state index contributed by atoms with van der Waals surface area (Å²) in [6, 6.07) is 0. The minimum Gasteiger partial charge on any atom is -0.394 e. The number of aliphatic hydroxyl groups excluding tert-OH is 2. The van der Waals surface area contributed by atoms with Crippen molar-refractivity contribution in [1.82, 2.24) is 5.32 Å². The summed E-state index contributed by atoms with van der Waals surface area (Å²) in [5.41, 5.74) is -0.340. The Hall–Kier alpha value is -0.160. The van der Waals surface area contributed by atoms with Gasteiger partial charge in [-0.1, -0.05) is 0 Å². The van der Waals surface area contributed by atoms with Crippen LogP contribution in [-0.2, 0) is 4.74 Å². The van der Waals surface area contributed by atoms with Crippen LogP contribution in [0.15, 0.2) is 0 Å². The highest BCUT2D eigenvalue weighted by Gasteiger charge is 2.16. The first-order chi connectivity index (χ1) is 6.02. The van der Waals surface area contributed by atoms with Crippen molar-refractivity contribution in [1.29, 1.82) is 0 Å². The molecule has 13 heavy (non-hydrogen) atoms. The molecule has 0 aromatic rings. The second kappa shape index (κ2) is 6.32. The molecule has 0 aromatic carbocycles. The summed E-state index contributed by atoms with van der Waals surface area (Å²) in [7, 11) is 0. The summed E-state index contributed by atoms with van der Waals surface area (Å²) >= 11 is 0. The van der Waals surface area contributed by atoms with Crippen molar-refractivity contribution in [2.45, 2.75) is 32.4 Å². The third-order valence-corrected chi connectivity index (χ3v) is 1.73. The molecule has 0 rings (SSSR count). The first-order valence-electron chi connectivity index (χ1n) is 4.63. The first kappa shape index (κ1) is 12.8. The van der Waals surface area contributed by atoms with E-state index in [0.717, 1.165) is 0 Å². The number of rotatable bonds is 7. The normalized spacial score (nSPS) is 14.5. The van der Waals surface area contributed by atoms with E-state index < -0.39 is 6.10 Å². The predicted octanol–water partition coefficient (Wildman–Crippen LogP) is -0.256. The van der Waals surface area contributed by atoms with Gasteiger partial charge in [-0.25, -0.2) is 0 Å². The molecule has 0 aromatic heterocycles. The lowest BCUT2D eigenvalue weighted by Gasteiger charge is -2.25. The van der Waals surface area contributed by atoms with E-state index in [0.29, 0.717) is 19.8 Å². The molecule has 4 heteroatoms. The molecule has 0 aliphatic heterocycles. The Balaban J connectivity index is 3.51. The van der Waals surface area contributed by atoms with Crippen molar-refractivity contribution >= 4 is 0 Å². The van der Waals surface area contributed by atoms with Gasteiger partial charge in [-0.05, 0) is 20.8 Å². The lowest BCUT2D eigenvalue weighted by atomic mass is 10.1. The molecule has 0 fully saturated rings. The van der Waals surface area contributed by atoms with Gasteiger partial charge < -0.3 is 20.3 Å². The molecular formula is C9H21NO3. The fourth-order valence-corrected chi connectivity index (χ4v) is 0.763. The zero-order valence-corrected chi connectivity index (χ0v) is 8.71. The third kappa shape index (κ3) is 6.95. The van der Waals surface area contributed by atoms with Gasteiger partial charge in [0.05, 0.1) is 19.3 Å². The molecule has 0 aliphatic rings. The predicted molar refractivity (Wildman–Crippen MR) is 51.7 cm³/mol. The summed E-state index contributed by atoms with van der Waals surface area (Å²) < 4.78 is 5.04. The van der Waals surface area contributed by atoms with Crippen molar-refractivity contribution in [3.63, 3.8) is 0 Å². The maximum absolute atomic E-state index is 9.37. The summed E-state index contributed by atoms with van der Waals surface area (Å²) in [4.78, 5) is 0. The van der Waals surface area contributed by atoms with Gasteiger partial charge in [0.15, 0.2) is 0 Å². The Labute approximate surface area is 79.9 Å². The lowest BCUT2D eigenvalue weighted by molar-refractivity contribution is 0.0365. The molecule has 0 bridgehead atoms. The van der Waals surface area contributed by atoms with Crippen LogP contribution in [0, 0.1) is 0 Å². The van der Waals surface area contributed by atoms with Crippen LogP contribution in [-0.4, -0.2) is 48.2 Å². The van der Waals surface area contributed by atoms with Gasteiger partial charge in [0.1, 0.15) is 0 Å². The molecule has 80 valence electrons. The number of ether oxygens (including phenoxy) is 1. The number of hydrogen-bond donors (Lipinski definition) is 3. The highest BCUT2D eigenvalue weighted by atomic mass is 16.5. The molecule has 1 unspecified atom stereocenters. The van der Waals surface area contributed by atoms with Gasteiger partial charge in [0.25, 0.3) is 0 Å². The highest BCUT2D eigenvalue weighted by molar-refractivity contribution is 4.77. The molecule has 0 saturated heterocycles. The van der Waals surface area contributed by atoms with Gasteiger partial charge in [-0.3, -0.25) is 0 Å². The van der Waals surface area contributed by atoms with E-state index in [1.54, 1.807) is 0 Å². The SMILES string of the molecule is CCOCC(O)CNC(C)(C)CO. The van der Waals surface area contributed by atoms with Crippen LogP contribution < -0.4 is 5.32 Å². The molecule has 0 saturated carbocycles. The summed E-state index contributed by atoms with van der Waals surface area (Å²) in [6.45, 7) is 7.08. The van der Waals surface area contributed by atoms with E-state index in [2.05, 4.69) is 5.32 Å². The lowest BCUT2D eigenvalue weighted by Crippen LogP contribution is -2.46. The van der Waals surface area contributed by atoms with Crippen molar-refractivity contribution in [3.8, 4) is 0 Å². The van der Waals surface area contributed by atoms with Crippen molar-refractivity contribution in [3.05, 3.63) is 0 Å². The Morgan fingerprint density at radius 1 is 1.46 bits per heavy atom. The van der Waals surface area contributed by atoms with E-state index in [1.807, 2.05) is 20.8 Å². The Bertz CT molecular complexity index is 128. The number of β-amino-alcohol motifs (C(OH)–C–C–N with tert-alkyl or cyclic N) is 1. The number of aliphatic hydroxyl groups is 2. The summed E-state index contributed by atoms with van der Waals surface area (Å²) in [6.07, 6.45) is -0.509. The van der Waals surface area contributed by atoms with Gasteiger partial charge in [-0.2, -0.15) is 0 Å². The zero-order chi connectivity index (χ0) is 10.3. The molecule has 0 aliphatic carbocycles. The molecule has 0 amide bonds. The Morgan fingerprint density at radius 3 is 2.54 bits per heavy atom. The Kier molecular flexibility index (Phi) is 6.24. The quantitative estimate of drug-likeness (QED) is 0.519.